The predicted molar refractivity (Wildman–Crippen MR) is 64.9 cm³/mol. The summed E-state index contributed by atoms with van der Waals surface area (Å²) >= 11 is 0. The molecule has 1 saturated carbocycles. The van der Waals surface area contributed by atoms with Crippen LogP contribution in [0.15, 0.2) is 0 Å². The molecule has 0 aromatic heterocycles. The zero-order valence-corrected chi connectivity index (χ0v) is 11.3. The summed E-state index contributed by atoms with van der Waals surface area (Å²) in [5.41, 5.74) is 5.48. The van der Waals surface area contributed by atoms with Gasteiger partial charge in [-0.2, -0.15) is 0 Å². The van der Waals surface area contributed by atoms with Crippen LogP contribution in [0.4, 0.5) is 0 Å². The molecular weight excluding hydrogens is 202 g/mol. The minimum Gasteiger partial charge on any atom is -0.460 e. The van der Waals surface area contributed by atoms with Gasteiger partial charge in [0.15, 0.2) is 0 Å². The highest BCUT2D eigenvalue weighted by atomic mass is 16.6. The van der Waals surface area contributed by atoms with Crippen LogP contribution in [0.1, 0.15) is 48.0 Å². The van der Waals surface area contributed by atoms with E-state index in [0.717, 1.165) is 6.42 Å². The van der Waals surface area contributed by atoms with Crippen molar-refractivity contribution in [1.29, 1.82) is 0 Å². The summed E-state index contributed by atoms with van der Waals surface area (Å²) in [6.45, 7) is 11.9. The van der Waals surface area contributed by atoms with Gasteiger partial charge in [0.05, 0.1) is 5.92 Å². The molecule has 3 atom stereocenters. The van der Waals surface area contributed by atoms with Crippen LogP contribution < -0.4 is 5.73 Å². The van der Waals surface area contributed by atoms with E-state index in [0.29, 0.717) is 5.92 Å². The molecule has 2 N–H and O–H groups in total. The Labute approximate surface area is 98.7 Å². The van der Waals surface area contributed by atoms with Gasteiger partial charge in [-0.15, -0.1) is 0 Å². The zero-order chi connectivity index (χ0) is 12.7. The van der Waals surface area contributed by atoms with E-state index in [2.05, 4.69) is 13.8 Å². The number of ether oxygens (including phenoxy) is 1. The molecule has 94 valence electrons. The molecule has 0 unspecified atom stereocenters. The average molecular weight is 227 g/mol. The molecular formula is C13H25NO2. The summed E-state index contributed by atoms with van der Waals surface area (Å²) in [4.78, 5) is 12.0. The quantitative estimate of drug-likeness (QED) is 0.737. The lowest BCUT2D eigenvalue weighted by Crippen LogP contribution is -2.56. The van der Waals surface area contributed by atoms with E-state index in [4.69, 9.17) is 10.5 Å². The highest BCUT2D eigenvalue weighted by Gasteiger charge is 2.54. The van der Waals surface area contributed by atoms with Gasteiger partial charge in [-0.05, 0) is 45.4 Å². The van der Waals surface area contributed by atoms with Crippen LogP contribution in [0.3, 0.4) is 0 Å². The molecule has 0 aromatic rings. The fraction of sp³-hybridized carbons (Fsp3) is 0.923. The van der Waals surface area contributed by atoms with Crippen molar-refractivity contribution in [2.24, 2.45) is 23.0 Å². The lowest BCUT2D eigenvalue weighted by molar-refractivity contribution is -0.177. The Morgan fingerprint density at radius 1 is 1.44 bits per heavy atom. The third kappa shape index (κ3) is 2.57. The van der Waals surface area contributed by atoms with Crippen LogP contribution in [0.25, 0.3) is 0 Å². The monoisotopic (exact) mass is 227 g/mol. The van der Waals surface area contributed by atoms with Crippen molar-refractivity contribution in [3.8, 4) is 0 Å². The molecule has 0 heterocycles. The fourth-order valence-corrected chi connectivity index (χ4v) is 2.62. The first-order valence-corrected chi connectivity index (χ1v) is 6.04. The number of esters is 1. The Kier molecular flexibility index (Phi) is 3.39. The van der Waals surface area contributed by atoms with Gasteiger partial charge in [0.2, 0.25) is 0 Å². The largest absolute Gasteiger partial charge is 0.460 e. The molecule has 0 aromatic carbocycles. The maximum absolute atomic E-state index is 12.0. The van der Waals surface area contributed by atoms with Gasteiger partial charge in [0.25, 0.3) is 0 Å². The molecule has 0 amide bonds. The molecule has 16 heavy (non-hydrogen) atoms. The Morgan fingerprint density at radius 2 is 1.94 bits per heavy atom. The summed E-state index contributed by atoms with van der Waals surface area (Å²) in [5.74, 6) is 0.349. The van der Waals surface area contributed by atoms with E-state index in [1.54, 1.807) is 0 Å². The smallest absolute Gasteiger partial charge is 0.310 e. The molecule has 1 fully saturated rings. The Balaban J connectivity index is 2.63. The minimum absolute atomic E-state index is 0.00252. The summed E-state index contributed by atoms with van der Waals surface area (Å²) in [6, 6.07) is 0.147. The Morgan fingerprint density at radius 3 is 2.25 bits per heavy atom. The molecule has 0 aliphatic heterocycles. The Hall–Kier alpha value is -0.570. The second-order valence-electron chi connectivity index (χ2n) is 6.61. The SMILES string of the molecule is C[C@H](N)[C@H]1C[C@@H](C(=O)OC(C)(C)C)C1(C)C. The molecule has 0 radical (unpaired) electrons. The highest BCUT2D eigenvalue weighted by molar-refractivity contribution is 5.75. The first kappa shape index (κ1) is 13.5. The first-order valence-electron chi connectivity index (χ1n) is 6.04. The third-order valence-electron chi connectivity index (χ3n) is 3.67. The van der Waals surface area contributed by atoms with Crippen molar-refractivity contribution in [3.05, 3.63) is 0 Å². The predicted octanol–water partition coefficient (Wildman–Crippen LogP) is 2.34. The van der Waals surface area contributed by atoms with Gasteiger partial charge < -0.3 is 10.5 Å². The second kappa shape index (κ2) is 4.02. The number of hydrogen-bond acceptors (Lipinski definition) is 3. The Bertz CT molecular complexity index is 276. The van der Waals surface area contributed by atoms with Crippen molar-refractivity contribution in [2.45, 2.75) is 59.6 Å². The van der Waals surface area contributed by atoms with E-state index in [-0.39, 0.29) is 23.3 Å². The molecule has 1 aliphatic carbocycles. The number of carbonyl (C=O) groups is 1. The minimum atomic E-state index is -0.396. The average Bonchev–Trinajstić information content (AvgIpc) is 1.97. The number of hydrogen-bond donors (Lipinski definition) is 1. The summed E-state index contributed by atoms with van der Waals surface area (Å²) in [7, 11) is 0. The number of carbonyl (C=O) groups excluding carboxylic acids is 1. The lowest BCUT2D eigenvalue weighted by atomic mass is 9.53. The second-order valence-corrected chi connectivity index (χ2v) is 6.61. The normalized spacial score (nSPS) is 30.4. The summed E-state index contributed by atoms with van der Waals surface area (Å²) in [6.07, 6.45) is 0.861. The molecule has 1 rings (SSSR count). The maximum atomic E-state index is 12.0. The molecule has 3 nitrogen and oxygen atoms in total. The molecule has 0 saturated heterocycles. The van der Waals surface area contributed by atoms with E-state index in [9.17, 15) is 4.79 Å². The lowest BCUT2D eigenvalue weighted by Gasteiger charge is -2.52. The van der Waals surface area contributed by atoms with Crippen molar-refractivity contribution >= 4 is 5.97 Å². The first-order chi connectivity index (χ1) is 7.05. The highest BCUT2D eigenvalue weighted by Crippen LogP contribution is 2.53. The van der Waals surface area contributed by atoms with Crippen molar-refractivity contribution in [3.63, 3.8) is 0 Å². The van der Waals surface area contributed by atoms with Crippen LogP contribution in [-0.4, -0.2) is 17.6 Å². The van der Waals surface area contributed by atoms with E-state index < -0.39 is 5.60 Å². The van der Waals surface area contributed by atoms with Crippen LogP contribution >= 0.6 is 0 Å². The van der Waals surface area contributed by atoms with E-state index in [1.165, 1.54) is 0 Å². The van der Waals surface area contributed by atoms with Crippen LogP contribution in [-0.2, 0) is 9.53 Å². The van der Waals surface area contributed by atoms with Gasteiger partial charge in [0, 0.05) is 6.04 Å². The third-order valence-corrected chi connectivity index (χ3v) is 3.67. The van der Waals surface area contributed by atoms with Crippen molar-refractivity contribution in [2.75, 3.05) is 0 Å². The molecule has 3 heteroatoms. The topological polar surface area (TPSA) is 52.3 Å². The van der Waals surface area contributed by atoms with E-state index in [1.807, 2.05) is 27.7 Å². The van der Waals surface area contributed by atoms with Crippen molar-refractivity contribution in [1.82, 2.24) is 0 Å². The van der Waals surface area contributed by atoms with Crippen LogP contribution in [0.5, 0.6) is 0 Å². The van der Waals surface area contributed by atoms with Gasteiger partial charge in [-0.25, -0.2) is 0 Å². The van der Waals surface area contributed by atoms with Crippen molar-refractivity contribution < 1.29 is 9.53 Å². The number of rotatable bonds is 2. The summed E-state index contributed by atoms with van der Waals surface area (Å²) < 4.78 is 5.43. The van der Waals surface area contributed by atoms with E-state index >= 15 is 0 Å². The zero-order valence-electron chi connectivity index (χ0n) is 11.3. The van der Waals surface area contributed by atoms with Gasteiger partial charge in [-0.3, -0.25) is 4.79 Å². The maximum Gasteiger partial charge on any atom is 0.310 e. The fourth-order valence-electron chi connectivity index (χ4n) is 2.62. The number of nitrogens with two attached hydrogens (primary N) is 1. The van der Waals surface area contributed by atoms with Gasteiger partial charge in [-0.1, -0.05) is 13.8 Å². The molecule has 0 spiro atoms. The standard InChI is InChI=1S/C13H25NO2/c1-8(14)9-7-10(13(9,5)6)11(15)16-12(2,3)4/h8-10H,7,14H2,1-6H3/t8-,9+,10-/m0/s1. The van der Waals surface area contributed by atoms with Gasteiger partial charge in [0.1, 0.15) is 5.60 Å². The van der Waals surface area contributed by atoms with Crippen LogP contribution in [0.2, 0.25) is 0 Å². The summed E-state index contributed by atoms with van der Waals surface area (Å²) in [5, 5.41) is 0. The van der Waals surface area contributed by atoms with Crippen LogP contribution in [0, 0.1) is 17.3 Å². The molecule has 1 aliphatic rings. The van der Waals surface area contributed by atoms with Gasteiger partial charge >= 0.3 is 5.97 Å². The molecule has 0 bridgehead atoms.